The maximum atomic E-state index is 14.4. The molecule has 2 heterocycles. The molecule has 8 atom stereocenters. The number of benzene rings is 2. The van der Waals surface area contributed by atoms with Crippen molar-refractivity contribution in [2.75, 3.05) is 26.0 Å². The minimum absolute atomic E-state index is 0.0231. The highest BCUT2D eigenvalue weighted by atomic mass is 32.2. The van der Waals surface area contributed by atoms with Crippen LogP contribution in [0.3, 0.4) is 0 Å². The molecule has 2 saturated heterocycles. The van der Waals surface area contributed by atoms with Crippen LogP contribution in [0.15, 0.2) is 48.5 Å². The first-order valence-corrected chi connectivity index (χ1v) is 21.4. The lowest BCUT2D eigenvalue weighted by molar-refractivity contribution is -0.144. The SMILES string of the molecule is CN[C@@H](C)C(=O)N[C@H]1CCS[C@H]2CC(C)(C)[C@@H](C(=O)N[C@H]3c4ccccc4C[C@H]3OCCCCCCCCO[C@@H]3Cc4ccccc4[C@@H]3NC(C)=O)N2C1=O. The Bertz CT molecular complexity index is 1670. The number of hydrogen-bond donors (Lipinski definition) is 4. The highest BCUT2D eigenvalue weighted by Gasteiger charge is 2.55. The van der Waals surface area contributed by atoms with Crippen molar-refractivity contribution >= 4 is 35.4 Å². The van der Waals surface area contributed by atoms with E-state index < -0.39 is 23.5 Å². The molecule has 6 rings (SSSR count). The molecule has 0 saturated carbocycles. The molecule has 300 valence electrons. The van der Waals surface area contributed by atoms with E-state index in [9.17, 15) is 19.2 Å². The van der Waals surface area contributed by atoms with Crippen molar-refractivity contribution in [2.45, 2.75) is 140 Å². The molecular weight excluding hydrogens is 715 g/mol. The van der Waals surface area contributed by atoms with Gasteiger partial charge in [0.25, 0.3) is 0 Å². The normalized spacial score (nSPS) is 27.1. The number of hydrogen-bond acceptors (Lipinski definition) is 8. The molecule has 11 nitrogen and oxygen atoms in total. The van der Waals surface area contributed by atoms with Crippen molar-refractivity contribution in [1.82, 2.24) is 26.2 Å². The van der Waals surface area contributed by atoms with Crippen LogP contribution in [0.4, 0.5) is 0 Å². The summed E-state index contributed by atoms with van der Waals surface area (Å²) in [6, 6.07) is 14.3. The van der Waals surface area contributed by atoms with Gasteiger partial charge < -0.3 is 35.6 Å². The molecule has 2 aliphatic heterocycles. The average molecular weight is 776 g/mol. The van der Waals surface area contributed by atoms with Crippen LogP contribution >= 0.6 is 11.8 Å². The van der Waals surface area contributed by atoms with Gasteiger partial charge in [0.1, 0.15) is 12.1 Å². The van der Waals surface area contributed by atoms with E-state index in [4.69, 9.17) is 9.47 Å². The molecular formula is C43H61N5O6S. The lowest BCUT2D eigenvalue weighted by Gasteiger charge is -2.35. The first-order chi connectivity index (χ1) is 26.5. The lowest BCUT2D eigenvalue weighted by Crippen LogP contribution is -2.58. The van der Waals surface area contributed by atoms with Gasteiger partial charge in [-0.3, -0.25) is 19.2 Å². The topological polar surface area (TPSA) is 138 Å². The highest BCUT2D eigenvalue weighted by Crippen LogP contribution is 2.47. The first kappa shape index (κ1) is 41.2. The lowest BCUT2D eigenvalue weighted by atomic mass is 9.83. The Morgan fingerprint density at radius 2 is 1.38 bits per heavy atom. The van der Waals surface area contributed by atoms with Gasteiger partial charge >= 0.3 is 0 Å². The van der Waals surface area contributed by atoms with Gasteiger partial charge in [0.15, 0.2) is 0 Å². The summed E-state index contributed by atoms with van der Waals surface area (Å²) < 4.78 is 12.8. The van der Waals surface area contributed by atoms with E-state index in [1.807, 2.05) is 24.3 Å². The Morgan fingerprint density at radius 3 is 1.95 bits per heavy atom. The van der Waals surface area contributed by atoms with E-state index in [1.54, 1.807) is 37.6 Å². The summed E-state index contributed by atoms with van der Waals surface area (Å²) in [6.45, 7) is 8.76. The first-order valence-electron chi connectivity index (χ1n) is 20.4. The molecule has 2 aromatic carbocycles. The molecule has 0 aromatic heterocycles. The second-order valence-corrected chi connectivity index (χ2v) is 17.7. The highest BCUT2D eigenvalue weighted by molar-refractivity contribution is 7.99. The fourth-order valence-corrected chi connectivity index (χ4v) is 10.5. The molecule has 4 aliphatic rings. The summed E-state index contributed by atoms with van der Waals surface area (Å²) >= 11 is 1.70. The maximum absolute atomic E-state index is 14.4. The summed E-state index contributed by atoms with van der Waals surface area (Å²) in [5.41, 5.74) is 4.22. The van der Waals surface area contributed by atoms with Crippen LogP contribution in [-0.2, 0) is 41.5 Å². The number of rotatable bonds is 17. The molecule has 4 amide bonds. The maximum Gasteiger partial charge on any atom is 0.246 e. The summed E-state index contributed by atoms with van der Waals surface area (Å²) in [5.74, 6) is 0.125. The van der Waals surface area contributed by atoms with Gasteiger partial charge in [0.05, 0.1) is 35.7 Å². The number of carbonyl (C=O) groups is 4. The van der Waals surface area contributed by atoms with Crippen molar-refractivity contribution in [1.29, 1.82) is 0 Å². The molecule has 2 aromatic rings. The summed E-state index contributed by atoms with van der Waals surface area (Å²) in [5, 5.41) is 12.2. The van der Waals surface area contributed by atoms with Gasteiger partial charge in [-0.05, 0) is 73.1 Å². The smallest absolute Gasteiger partial charge is 0.246 e. The second kappa shape index (κ2) is 18.7. The van der Waals surface area contributed by atoms with E-state index in [0.717, 1.165) is 68.2 Å². The Labute approximate surface area is 331 Å². The fourth-order valence-electron chi connectivity index (χ4n) is 8.88. The monoisotopic (exact) mass is 775 g/mol. The standard InChI is InChI=1S/C43H61N5O6S/c1-27(44-5)40(50)46-33-20-23-55-36-26-43(3,4)39(48(36)42(33)52)41(51)47-38-32-19-13-11-17-30(32)25-35(38)54-22-15-9-7-6-8-14-21-53-34-24-29-16-10-12-18-31(29)37(34)45-28(2)49/h10-13,16-19,27,33-39,44H,6-9,14-15,20-26H2,1-5H3,(H,45,49)(H,46,50)(H,47,51)/t27-,33-,34+,35+,36-,37-,38-,39+/m0/s1. The van der Waals surface area contributed by atoms with Crippen LogP contribution in [-0.4, -0.2) is 90.3 Å². The van der Waals surface area contributed by atoms with E-state index in [1.165, 1.54) is 11.1 Å². The molecule has 4 N–H and O–H groups in total. The van der Waals surface area contributed by atoms with Crippen LogP contribution in [0.2, 0.25) is 0 Å². The van der Waals surface area contributed by atoms with Crippen molar-refractivity contribution < 1.29 is 28.7 Å². The average Bonchev–Trinajstić information content (AvgIpc) is 3.75. The Hall–Kier alpha value is -3.45. The third kappa shape index (κ3) is 9.75. The zero-order valence-corrected chi connectivity index (χ0v) is 34.1. The van der Waals surface area contributed by atoms with Crippen molar-refractivity contribution in [3.8, 4) is 0 Å². The van der Waals surface area contributed by atoms with Crippen LogP contribution in [0, 0.1) is 5.41 Å². The number of carbonyl (C=O) groups excluding carboxylic acids is 4. The fraction of sp³-hybridized carbons (Fsp3) is 0.628. The van der Waals surface area contributed by atoms with Crippen molar-refractivity contribution in [3.05, 3.63) is 70.8 Å². The Morgan fingerprint density at radius 1 is 0.836 bits per heavy atom. The van der Waals surface area contributed by atoms with Gasteiger partial charge in [0, 0.05) is 33.0 Å². The van der Waals surface area contributed by atoms with E-state index in [2.05, 4.69) is 59.4 Å². The molecule has 0 bridgehead atoms. The van der Waals surface area contributed by atoms with Crippen molar-refractivity contribution in [3.63, 3.8) is 0 Å². The second-order valence-electron chi connectivity index (χ2n) is 16.4. The van der Waals surface area contributed by atoms with E-state index >= 15 is 0 Å². The third-order valence-corrected chi connectivity index (χ3v) is 13.2. The minimum atomic E-state index is -0.666. The van der Waals surface area contributed by atoms with Gasteiger partial charge in [-0.1, -0.05) is 88.1 Å². The third-order valence-electron chi connectivity index (χ3n) is 11.9. The molecule has 0 unspecified atom stereocenters. The van der Waals surface area contributed by atoms with Crippen LogP contribution < -0.4 is 21.3 Å². The summed E-state index contributed by atoms with van der Waals surface area (Å²) in [7, 11) is 1.72. The van der Waals surface area contributed by atoms with Gasteiger partial charge in [0.2, 0.25) is 23.6 Å². The molecule has 55 heavy (non-hydrogen) atoms. The van der Waals surface area contributed by atoms with Crippen molar-refractivity contribution in [2.24, 2.45) is 5.41 Å². The Kier molecular flexibility index (Phi) is 14.0. The Balaban J connectivity index is 0.964. The quantitative estimate of drug-likeness (QED) is 0.163. The summed E-state index contributed by atoms with van der Waals surface area (Å²) in [6.07, 6.45) is 8.91. The van der Waals surface area contributed by atoms with Crippen LogP contribution in [0.5, 0.6) is 0 Å². The summed E-state index contributed by atoms with van der Waals surface area (Å²) in [4.78, 5) is 54.8. The number of fused-ring (bicyclic) bond motifs is 3. The molecule has 12 heteroatoms. The number of ether oxygens (including phenoxy) is 2. The minimum Gasteiger partial charge on any atom is -0.375 e. The zero-order chi connectivity index (χ0) is 39.1. The van der Waals surface area contributed by atoms with E-state index in [-0.39, 0.29) is 53.3 Å². The molecule has 0 spiro atoms. The van der Waals surface area contributed by atoms with Gasteiger partial charge in [-0.15, -0.1) is 11.8 Å². The van der Waals surface area contributed by atoms with Gasteiger partial charge in [-0.25, -0.2) is 0 Å². The predicted octanol–water partition coefficient (Wildman–Crippen LogP) is 5.13. The largest absolute Gasteiger partial charge is 0.375 e. The molecule has 2 fully saturated rings. The number of likely N-dealkylation sites (N-methyl/N-ethyl adjacent to an activating group) is 1. The van der Waals surface area contributed by atoms with E-state index in [0.29, 0.717) is 26.1 Å². The number of nitrogens with one attached hydrogen (secondary N) is 4. The van der Waals surface area contributed by atoms with Gasteiger partial charge in [-0.2, -0.15) is 0 Å². The molecule has 2 aliphatic carbocycles. The zero-order valence-electron chi connectivity index (χ0n) is 33.2. The molecule has 0 radical (unpaired) electrons. The predicted molar refractivity (Wildman–Crippen MR) is 215 cm³/mol. The van der Waals surface area contributed by atoms with Crippen LogP contribution in [0.1, 0.15) is 113 Å². The number of amides is 4. The van der Waals surface area contributed by atoms with Crippen LogP contribution in [0.25, 0.3) is 0 Å². The number of thioether (sulfide) groups is 1. The number of unbranched alkanes of at least 4 members (excludes halogenated alkanes) is 5. The number of nitrogens with zero attached hydrogens (tertiary/aromatic N) is 1.